The monoisotopic (exact) mass is 729 g/mol. The van der Waals surface area contributed by atoms with Gasteiger partial charge in [-0.25, -0.2) is 18.6 Å². The lowest BCUT2D eigenvalue weighted by Crippen LogP contribution is -2.62. The number of nitrogens with zero attached hydrogens (tertiary/aromatic N) is 6. The number of nitrogens with one attached hydrogen (secondary N) is 3. The number of hydrogen-bond donors (Lipinski definition) is 3. The fraction of sp³-hybridized carbons (Fsp3) is 0.417. The van der Waals surface area contributed by atoms with Crippen molar-refractivity contribution in [1.29, 1.82) is 0 Å². The lowest BCUT2D eigenvalue weighted by molar-refractivity contribution is -0.135. The number of hydrogen-bond acceptors (Lipinski definition) is 10. The zero-order valence-electron chi connectivity index (χ0n) is 28.5. The van der Waals surface area contributed by atoms with Gasteiger partial charge in [0.2, 0.25) is 11.8 Å². The molecule has 13 nitrogen and oxygen atoms in total. The van der Waals surface area contributed by atoms with Crippen LogP contribution in [0, 0.1) is 0 Å². The first-order valence-corrected chi connectivity index (χ1v) is 18.4. The quantitative estimate of drug-likeness (QED) is 0.238. The fourth-order valence-electron chi connectivity index (χ4n) is 8.38. The summed E-state index contributed by atoms with van der Waals surface area (Å²) in [6.07, 6.45) is 0.725. The molecule has 7 heterocycles. The Morgan fingerprint density at radius 1 is 0.885 bits per heavy atom. The predicted octanol–water partition coefficient (Wildman–Crippen LogP) is 3.27. The minimum atomic E-state index is -2.96. The molecule has 52 heavy (non-hydrogen) atoms. The topological polar surface area (TPSA) is 137 Å². The highest BCUT2D eigenvalue weighted by Gasteiger charge is 2.48. The molecule has 2 atom stereocenters. The van der Waals surface area contributed by atoms with Crippen LogP contribution in [0.3, 0.4) is 0 Å². The summed E-state index contributed by atoms with van der Waals surface area (Å²) in [6, 6.07) is 11.6. The van der Waals surface area contributed by atoms with E-state index in [0.29, 0.717) is 79.5 Å². The van der Waals surface area contributed by atoms with Crippen LogP contribution in [0.5, 0.6) is 0 Å². The van der Waals surface area contributed by atoms with Crippen molar-refractivity contribution in [2.45, 2.75) is 37.3 Å². The minimum Gasteiger partial charge on any atom is -0.381 e. The summed E-state index contributed by atoms with van der Waals surface area (Å²) in [5.74, 6) is -3.37. The second kappa shape index (κ2) is 12.3. The van der Waals surface area contributed by atoms with Gasteiger partial charge in [-0.15, -0.1) is 11.3 Å². The maximum atomic E-state index is 16.0. The van der Waals surface area contributed by atoms with Crippen molar-refractivity contribution >= 4 is 78.3 Å². The molecule has 2 unspecified atom stereocenters. The SMILES string of the molecule is Cn1c(=O)n(C2CCC(=O)NC2=O)c2ccc(N3CCN(C4CCN(c5ccc6c(ccc7sc8c(c76)NCCNC8=O)n5)CC4(F)F)CC3)cc21. The molecule has 2 aromatic carbocycles. The lowest BCUT2D eigenvalue weighted by Gasteiger charge is -2.47. The number of carbonyl (C=O) groups is 3. The Morgan fingerprint density at radius 3 is 2.48 bits per heavy atom. The van der Waals surface area contributed by atoms with Gasteiger partial charge in [0.15, 0.2) is 0 Å². The summed E-state index contributed by atoms with van der Waals surface area (Å²) < 4.78 is 35.9. The third kappa shape index (κ3) is 5.29. The molecule has 270 valence electrons. The van der Waals surface area contributed by atoms with Crippen molar-refractivity contribution in [1.82, 2.24) is 29.7 Å². The van der Waals surface area contributed by atoms with Gasteiger partial charge in [-0.2, -0.15) is 0 Å². The van der Waals surface area contributed by atoms with Gasteiger partial charge < -0.3 is 20.4 Å². The number of piperazine rings is 1. The van der Waals surface area contributed by atoms with Crippen molar-refractivity contribution in [3.63, 3.8) is 0 Å². The largest absolute Gasteiger partial charge is 0.381 e. The number of anilines is 3. The van der Waals surface area contributed by atoms with E-state index in [0.717, 1.165) is 26.8 Å². The van der Waals surface area contributed by atoms with Crippen LogP contribution in [0.2, 0.25) is 0 Å². The van der Waals surface area contributed by atoms with E-state index in [2.05, 4.69) is 20.9 Å². The average molecular weight is 730 g/mol. The number of fused-ring (bicyclic) bond motifs is 6. The number of benzene rings is 2. The van der Waals surface area contributed by atoms with Crippen LogP contribution in [-0.4, -0.2) is 101 Å². The second-order valence-electron chi connectivity index (χ2n) is 14.0. The number of piperidine rings is 2. The number of carbonyl (C=O) groups excluding carboxylic acids is 3. The van der Waals surface area contributed by atoms with Gasteiger partial charge >= 0.3 is 5.69 Å². The number of halogens is 2. The Balaban J connectivity index is 0.887. The number of imide groups is 1. The molecule has 0 saturated carbocycles. The van der Waals surface area contributed by atoms with Crippen LogP contribution in [-0.2, 0) is 16.6 Å². The van der Waals surface area contributed by atoms with Crippen molar-refractivity contribution in [3.8, 4) is 0 Å². The van der Waals surface area contributed by atoms with Crippen molar-refractivity contribution in [3.05, 3.63) is 57.8 Å². The van der Waals surface area contributed by atoms with Crippen LogP contribution < -0.4 is 31.4 Å². The number of alkyl halides is 2. The van der Waals surface area contributed by atoms with Gasteiger partial charge in [0.1, 0.15) is 16.7 Å². The van der Waals surface area contributed by atoms with Gasteiger partial charge in [0.05, 0.1) is 34.8 Å². The van der Waals surface area contributed by atoms with Crippen LogP contribution in [0.4, 0.5) is 26.0 Å². The molecule has 9 rings (SSSR count). The Kier molecular flexibility index (Phi) is 7.73. The van der Waals surface area contributed by atoms with Gasteiger partial charge in [0, 0.05) is 80.4 Å². The molecule has 0 radical (unpaired) electrons. The molecule has 5 aromatic rings. The summed E-state index contributed by atoms with van der Waals surface area (Å²) in [7, 11) is 1.66. The standard InChI is InChI=1S/C36H37F2N9O4S/c1-43-25-18-20(2-5-23(25)47(35(43)51)24-6-9-29(48)42-33(24)49)44-14-16-45(17-15-44)27-10-13-46(19-36(27,37)38)28-8-3-21-22(41-28)4-7-26-30(21)31-32(52-26)34(50)40-12-11-39-31/h2-5,7-8,18,24,27,39H,6,9-17,19H2,1H3,(H,40,50)(H,42,48,49). The van der Waals surface area contributed by atoms with E-state index in [9.17, 15) is 19.2 Å². The Morgan fingerprint density at radius 2 is 1.69 bits per heavy atom. The van der Waals surface area contributed by atoms with Crippen LogP contribution >= 0.6 is 11.3 Å². The number of pyridine rings is 1. The van der Waals surface area contributed by atoms with E-state index in [1.54, 1.807) is 11.9 Å². The van der Waals surface area contributed by atoms with Crippen LogP contribution in [0.15, 0.2) is 47.3 Å². The van der Waals surface area contributed by atoms with Crippen LogP contribution in [0.25, 0.3) is 32.0 Å². The molecular weight excluding hydrogens is 693 g/mol. The summed E-state index contributed by atoms with van der Waals surface area (Å²) in [6.45, 7) is 3.21. The number of thiophene rings is 1. The lowest BCUT2D eigenvalue weighted by atomic mass is 9.97. The molecule has 3 saturated heterocycles. The maximum absolute atomic E-state index is 16.0. The van der Waals surface area contributed by atoms with E-state index in [1.165, 1.54) is 20.5 Å². The smallest absolute Gasteiger partial charge is 0.329 e. The number of amides is 3. The fourth-order valence-corrected chi connectivity index (χ4v) is 9.49. The van der Waals surface area contributed by atoms with Gasteiger partial charge in [-0.1, -0.05) is 0 Å². The zero-order chi connectivity index (χ0) is 35.9. The highest BCUT2D eigenvalue weighted by atomic mass is 32.1. The Bertz CT molecular complexity index is 2360. The van der Waals surface area contributed by atoms with Gasteiger partial charge in [0.25, 0.3) is 11.8 Å². The summed E-state index contributed by atoms with van der Waals surface area (Å²) in [5, 5.41) is 10.4. The molecule has 3 aromatic heterocycles. The molecule has 3 fully saturated rings. The molecule has 0 spiro atoms. The summed E-state index contributed by atoms with van der Waals surface area (Å²) in [4.78, 5) is 61.3. The van der Waals surface area contributed by atoms with Crippen molar-refractivity contribution in [2.75, 3.05) is 67.5 Å². The van der Waals surface area contributed by atoms with E-state index in [1.807, 2.05) is 47.4 Å². The third-order valence-corrected chi connectivity index (χ3v) is 12.2. The highest BCUT2D eigenvalue weighted by molar-refractivity contribution is 7.21. The van der Waals surface area contributed by atoms with E-state index < -0.39 is 30.5 Å². The molecule has 4 aliphatic rings. The highest BCUT2D eigenvalue weighted by Crippen LogP contribution is 2.42. The molecule has 0 aliphatic carbocycles. The molecular formula is C36H37F2N9O4S. The van der Waals surface area contributed by atoms with Gasteiger partial charge in [-0.3, -0.25) is 33.7 Å². The first-order valence-electron chi connectivity index (χ1n) is 17.6. The minimum absolute atomic E-state index is 0.0979. The number of rotatable bonds is 4. The second-order valence-corrected chi connectivity index (χ2v) is 15.1. The summed E-state index contributed by atoms with van der Waals surface area (Å²) >= 11 is 1.43. The number of aryl methyl sites for hydroxylation is 1. The summed E-state index contributed by atoms with van der Waals surface area (Å²) in [5.41, 5.74) is 3.32. The van der Waals surface area contributed by atoms with E-state index >= 15 is 8.78 Å². The molecule has 4 aliphatic heterocycles. The van der Waals surface area contributed by atoms with E-state index in [4.69, 9.17) is 4.98 Å². The molecule has 3 N–H and O–H groups in total. The molecule has 16 heteroatoms. The first-order chi connectivity index (χ1) is 25.1. The first kappa shape index (κ1) is 32.8. The van der Waals surface area contributed by atoms with Gasteiger partial charge in [-0.05, 0) is 55.3 Å². The predicted molar refractivity (Wildman–Crippen MR) is 196 cm³/mol. The number of imidazole rings is 1. The zero-order valence-corrected chi connectivity index (χ0v) is 29.3. The normalized spacial score (nSPS) is 22.7. The van der Waals surface area contributed by atoms with E-state index in [-0.39, 0.29) is 30.3 Å². The Labute approximate surface area is 300 Å². The molecule has 0 bridgehead atoms. The van der Waals surface area contributed by atoms with Crippen molar-refractivity contribution in [2.24, 2.45) is 7.05 Å². The van der Waals surface area contributed by atoms with Crippen molar-refractivity contribution < 1.29 is 23.2 Å². The maximum Gasteiger partial charge on any atom is 0.329 e. The Hall–Kier alpha value is -5.09. The third-order valence-electron chi connectivity index (χ3n) is 11.0. The average Bonchev–Trinajstić information content (AvgIpc) is 3.56. The van der Waals surface area contributed by atoms with Crippen LogP contribution in [0.1, 0.15) is 35.0 Å². The molecule has 3 amide bonds. The number of aromatic nitrogens is 3.